The molecule has 0 saturated heterocycles. The molecule has 0 spiro atoms. The SMILES string of the molecule is CCC(C#N)(CC)C(=O)Nc1ccccc1N(C)C. The molecule has 4 nitrogen and oxygen atoms in total. The molecule has 0 heterocycles. The molecule has 0 radical (unpaired) electrons. The van der Waals surface area contributed by atoms with Crippen LogP contribution in [0.4, 0.5) is 11.4 Å². The van der Waals surface area contributed by atoms with E-state index in [1.807, 2.05) is 57.1 Å². The van der Waals surface area contributed by atoms with E-state index in [0.717, 1.165) is 11.4 Å². The molecule has 0 aliphatic heterocycles. The number of carbonyl (C=O) groups is 1. The van der Waals surface area contributed by atoms with E-state index in [9.17, 15) is 10.1 Å². The molecule has 0 aliphatic rings. The number of nitrogens with one attached hydrogen (secondary N) is 1. The van der Waals surface area contributed by atoms with Crippen LogP contribution in [-0.4, -0.2) is 20.0 Å². The topological polar surface area (TPSA) is 56.1 Å². The lowest BCUT2D eigenvalue weighted by Crippen LogP contribution is -2.34. The van der Waals surface area contributed by atoms with Gasteiger partial charge in [0.25, 0.3) is 0 Å². The number of anilines is 2. The third-order valence-corrected chi connectivity index (χ3v) is 3.49. The lowest BCUT2D eigenvalue weighted by atomic mass is 9.83. The molecule has 0 unspecified atom stereocenters. The number of hydrogen-bond acceptors (Lipinski definition) is 3. The van der Waals surface area contributed by atoms with Crippen LogP contribution in [-0.2, 0) is 4.79 Å². The molecular weight excluding hydrogens is 238 g/mol. The first-order valence-electron chi connectivity index (χ1n) is 6.49. The third kappa shape index (κ3) is 3.05. The lowest BCUT2D eigenvalue weighted by Gasteiger charge is -2.24. The summed E-state index contributed by atoms with van der Waals surface area (Å²) >= 11 is 0. The van der Waals surface area contributed by atoms with E-state index in [1.165, 1.54) is 0 Å². The van der Waals surface area contributed by atoms with Crippen molar-refractivity contribution >= 4 is 17.3 Å². The highest BCUT2D eigenvalue weighted by molar-refractivity contribution is 5.99. The van der Waals surface area contributed by atoms with Crippen molar-refractivity contribution in [2.24, 2.45) is 5.41 Å². The van der Waals surface area contributed by atoms with Gasteiger partial charge in [-0.2, -0.15) is 5.26 Å². The van der Waals surface area contributed by atoms with Gasteiger partial charge in [0.05, 0.1) is 17.4 Å². The average molecular weight is 259 g/mol. The Morgan fingerprint density at radius 1 is 1.32 bits per heavy atom. The van der Waals surface area contributed by atoms with E-state index in [1.54, 1.807) is 0 Å². The maximum atomic E-state index is 12.4. The van der Waals surface area contributed by atoms with Crippen LogP contribution in [0.1, 0.15) is 26.7 Å². The van der Waals surface area contributed by atoms with Crippen molar-refractivity contribution in [1.82, 2.24) is 0 Å². The summed E-state index contributed by atoms with van der Waals surface area (Å²) in [5.74, 6) is -0.228. The summed E-state index contributed by atoms with van der Waals surface area (Å²) < 4.78 is 0. The summed E-state index contributed by atoms with van der Waals surface area (Å²) in [4.78, 5) is 14.3. The Hall–Kier alpha value is -2.02. The zero-order valence-electron chi connectivity index (χ0n) is 12.0. The highest BCUT2D eigenvalue weighted by Crippen LogP contribution is 2.30. The summed E-state index contributed by atoms with van der Waals surface area (Å²) in [5.41, 5.74) is 0.716. The van der Waals surface area contributed by atoms with Gasteiger partial charge >= 0.3 is 0 Å². The molecular formula is C15H21N3O. The second-order valence-electron chi connectivity index (χ2n) is 4.77. The fourth-order valence-electron chi connectivity index (χ4n) is 1.99. The van der Waals surface area contributed by atoms with E-state index >= 15 is 0 Å². The predicted molar refractivity (Wildman–Crippen MR) is 78.0 cm³/mol. The number of amides is 1. The molecule has 1 N–H and O–H groups in total. The van der Waals surface area contributed by atoms with Gasteiger partial charge < -0.3 is 10.2 Å². The van der Waals surface area contributed by atoms with Gasteiger partial charge in [0.15, 0.2) is 0 Å². The van der Waals surface area contributed by atoms with Gasteiger partial charge in [0.1, 0.15) is 5.41 Å². The molecule has 4 heteroatoms. The van der Waals surface area contributed by atoms with Gasteiger partial charge in [0, 0.05) is 14.1 Å². The molecule has 102 valence electrons. The fourth-order valence-corrected chi connectivity index (χ4v) is 1.99. The van der Waals surface area contributed by atoms with Crippen molar-refractivity contribution in [3.05, 3.63) is 24.3 Å². The number of rotatable bonds is 5. The first kappa shape index (κ1) is 15.0. The van der Waals surface area contributed by atoms with E-state index in [2.05, 4.69) is 11.4 Å². The minimum atomic E-state index is -0.945. The van der Waals surface area contributed by atoms with Gasteiger partial charge in [-0.3, -0.25) is 4.79 Å². The number of carbonyl (C=O) groups excluding carboxylic acids is 1. The Kier molecular flexibility index (Phi) is 4.94. The first-order valence-corrected chi connectivity index (χ1v) is 6.49. The third-order valence-electron chi connectivity index (χ3n) is 3.49. The highest BCUT2D eigenvalue weighted by atomic mass is 16.2. The van der Waals surface area contributed by atoms with Gasteiger partial charge in [-0.1, -0.05) is 26.0 Å². The van der Waals surface area contributed by atoms with Crippen LogP contribution in [0.3, 0.4) is 0 Å². The maximum absolute atomic E-state index is 12.4. The van der Waals surface area contributed by atoms with Crippen molar-refractivity contribution in [3.63, 3.8) is 0 Å². The van der Waals surface area contributed by atoms with E-state index < -0.39 is 5.41 Å². The summed E-state index contributed by atoms with van der Waals surface area (Å²) in [6.45, 7) is 3.73. The molecule has 0 fully saturated rings. The molecule has 1 amide bonds. The number of benzene rings is 1. The highest BCUT2D eigenvalue weighted by Gasteiger charge is 2.35. The number of hydrogen-bond donors (Lipinski definition) is 1. The van der Waals surface area contributed by atoms with Crippen LogP contribution in [0.2, 0.25) is 0 Å². The first-order chi connectivity index (χ1) is 9.00. The Labute approximate surface area is 115 Å². The fraction of sp³-hybridized carbons (Fsp3) is 0.467. The summed E-state index contributed by atoms with van der Waals surface area (Å²) in [5, 5.41) is 12.2. The standard InChI is InChI=1S/C15H21N3O/c1-5-15(6-2,11-16)14(19)17-12-9-7-8-10-13(12)18(3)4/h7-10H,5-6H2,1-4H3,(H,17,19). The zero-order valence-corrected chi connectivity index (χ0v) is 12.0. The van der Waals surface area contributed by atoms with Crippen molar-refractivity contribution in [2.75, 3.05) is 24.3 Å². The van der Waals surface area contributed by atoms with Gasteiger partial charge in [0.2, 0.25) is 5.91 Å². The van der Waals surface area contributed by atoms with Crippen molar-refractivity contribution < 1.29 is 4.79 Å². The van der Waals surface area contributed by atoms with E-state index in [-0.39, 0.29) is 5.91 Å². The second kappa shape index (κ2) is 6.24. The number of nitriles is 1. The Balaban J connectivity index is 3.04. The Bertz CT molecular complexity index is 484. The molecule has 1 aromatic rings. The quantitative estimate of drug-likeness (QED) is 0.884. The minimum absolute atomic E-state index is 0.228. The van der Waals surface area contributed by atoms with Crippen LogP contribution in [0.15, 0.2) is 24.3 Å². The van der Waals surface area contributed by atoms with Gasteiger partial charge in [-0.15, -0.1) is 0 Å². The minimum Gasteiger partial charge on any atom is -0.376 e. The van der Waals surface area contributed by atoms with Crippen LogP contribution in [0, 0.1) is 16.7 Å². The molecule has 0 bridgehead atoms. The van der Waals surface area contributed by atoms with Gasteiger partial charge in [-0.05, 0) is 25.0 Å². The zero-order chi connectivity index (χ0) is 14.5. The monoisotopic (exact) mass is 259 g/mol. The van der Waals surface area contributed by atoms with E-state index in [4.69, 9.17) is 0 Å². The smallest absolute Gasteiger partial charge is 0.244 e. The molecule has 0 saturated carbocycles. The van der Waals surface area contributed by atoms with E-state index in [0.29, 0.717) is 12.8 Å². The summed E-state index contributed by atoms with van der Waals surface area (Å²) in [6, 6.07) is 9.73. The molecule has 0 aromatic heterocycles. The Morgan fingerprint density at radius 2 is 1.89 bits per heavy atom. The second-order valence-corrected chi connectivity index (χ2v) is 4.77. The van der Waals surface area contributed by atoms with Crippen LogP contribution < -0.4 is 10.2 Å². The van der Waals surface area contributed by atoms with Crippen molar-refractivity contribution in [3.8, 4) is 6.07 Å². The maximum Gasteiger partial charge on any atom is 0.244 e. The predicted octanol–water partition coefficient (Wildman–Crippen LogP) is 3.02. The normalized spacial score (nSPS) is 10.7. The molecule has 0 aliphatic carbocycles. The van der Waals surface area contributed by atoms with Crippen LogP contribution in [0.25, 0.3) is 0 Å². The molecule has 1 rings (SSSR count). The molecule has 1 aromatic carbocycles. The lowest BCUT2D eigenvalue weighted by molar-refractivity contribution is -0.123. The largest absolute Gasteiger partial charge is 0.376 e. The molecule has 19 heavy (non-hydrogen) atoms. The summed E-state index contributed by atoms with van der Waals surface area (Å²) in [6.07, 6.45) is 1.02. The van der Waals surface area contributed by atoms with Gasteiger partial charge in [-0.25, -0.2) is 0 Å². The molecule has 0 atom stereocenters. The summed E-state index contributed by atoms with van der Waals surface area (Å²) in [7, 11) is 3.84. The Morgan fingerprint density at radius 3 is 2.37 bits per heavy atom. The van der Waals surface area contributed by atoms with Crippen molar-refractivity contribution in [1.29, 1.82) is 5.26 Å². The number of nitrogens with zero attached hydrogens (tertiary/aromatic N) is 2. The van der Waals surface area contributed by atoms with Crippen LogP contribution in [0.5, 0.6) is 0 Å². The van der Waals surface area contributed by atoms with Crippen molar-refractivity contribution in [2.45, 2.75) is 26.7 Å². The van der Waals surface area contributed by atoms with Crippen LogP contribution >= 0.6 is 0 Å². The average Bonchev–Trinajstić information content (AvgIpc) is 2.41. The number of para-hydroxylation sites is 2.